The van der Waals surface area contributed by atoms with Crippen LogP contribution in [0.2, 0.25) is 0 Å². The van der Waals surface area contributed by atoms with Crippen molar-refractivity contribution in [3.63, 3.8) is 0 Å². The minimum absolute atomic E-state index is 0.00814. The summed E-state index contributed by atoms with van der Waals surface area (Å²) in [6.07, 6.45) is 15.4. The number of hydrogen-bond donors (Lipinski definition) is 1. The lowest BCUT2D eigenvalue weighted by Crippen LogP contribution is -2.67. The van der Waals surface area contributed by atoms with E-state index >= 15 is 4.79 Å². The van der Waals surface area contributed by atoms with E-state index in [1.54, 1.807) is 0 Å². The number of aliphatic carboxylic acids is 1. The van der Waals surface area contributed by atoms with Crippen LogP contribution in [0.15, 0.2) is 36.4 Å². The topological polar surface area (TPSA) is 105 Å². The Morgan fingerprint density at radius 2 is 1.53 bits per heavy atom. The van der Waals surface area contributed by atoms with Crippen LogP contribution in [-0.2, 0) is 25.7 Å². The number of nitrogens with zero attached hydrogens (tertiary/aromatic N) is 4. The van der Waals surface area contributed by atoms with Crippen LogP contribution in [-0.4, -0.2) is 74.6 Å². The van der Waals surface area contributed by atoms with E-state index < -0.39 is 17.3 Å². The zero-order valence-electron chi connectivity index (χ0n) is 40.7. The summed E-state index contributed by atoms with van der Waals surface area (Å²) in [5.74, 6) is 1.76. The fraction of sp³-hybridized carbons (Fsp3) is 0.782. The third-order valence-electron chi connectivity index (χ3n) is 21.9. The first-order valence-corrected chi connectivity index (χ1v) is 25.9. The Morgan fingerprint density at radius 3 is 2.25 bits per heavy atom. The maximum absolute atomic E-state index is 15.9. The number of imidazole rings is 1. The molecule has 2 aromatic rings. The van der Waals surface area contributed by atoms with Gasteiger partial charge in [0.1, 0.15) is 11.9 Å². The van der Waals surface area contributed by atoms with Gasteiger partial charge in [-0.05, 0) is 180 Å². The second kappa shape index (κ2) is 15.4. The minimum Gasteiger partial charge on any atom is -0.481 e. The first-order valence-electron chi connectivity index (χ1n) is 25.9. The third-order valence-corrected chi connectivity index (χ3v) is 21.9. The van der Waals surface area contributed by atoms with Gasteiger partial charge in [-0.2, -0.15) is 0 Å². The van der Waals surface area contributed by atoms with Crippen molar-refractivity contribution < 1.29 is 24.2 Å². The lowest BCUT2D eigenvalue weighted by molar-refractivity contribution is -0.251. The molecule has 350 valence electrons. The van der Waals surface area contributed by atoms with Crippen molar-refractivity contribution in [2.24, 2.45) is 73.9 Å². The quantitative estimate of drug-likeness (QED) is 0.198. The maximum Gasteiger partial charge on any atom is 0.309 e. The number of carboxylic acid groups (broad SMARTS) is 1. The summed E-state index contributed by atoms with van der Waals surface area (Å²) in [7, 11) is 0. The van der Waals surface area contributed by atoms with E-state index in [1.165, 1.54) is 49.9 Å². The summed E-state index contributed by atoms with van der Waals surface area (Å²) in [5.41, 5.74) is 2.73. The molecule has 64 heavy (non-hydrogen) atoms. The van der Waals surface area contributed by atoms with Crippen LogP contribution in [0.5, 0.6) is 0 Å². The zero-order valence-corrected chi connectivity index (χ0v) is 40.7. The number of para-hydroxylation sites is 2. The third kappa shape index (κ3) is 6.28. The van der Waals surface area contributed by atoms with Gasteiger partial charge in [0, 0.05) is 25.0 Å². The fourth-order valence-electron chi connectivity index (χ4n) is 18.1. The SMILES string of the molecule is C=C(C)[C@@H]1CC[C@]2(C(=O)N3CCC[C@H]3c3nc4ccccc4n3CCN3CCCC3)CC[C@]3(C)[C@H](CC[C@@H]4[C@@]5(C)CC[C@H](OC(=O)[C@H]6C[C@@H](C(=O)O)C6(C)C)C(C)(C)[C@@H]5CC[C@]43C)[C@@H]12. The number of rotatable bonds is 9. The second-order valence-corrected chi connectivity index (χ2v) is 24.9. The van der Waals surface area contributed by atoms with Gasteiger partial charge in [-0.15, -0.1) is 0 Å². The summed E-state index contributed by atoms with van der Waals surface area (Å²) >= 11 is 0. The number of esters is 1. The molecule has 1 aromatic carbocycles. The predicted octanol–water partition coefficient (Wildman–Crippen LogP) is 11.1. The van der Waals surface area contributed by atoms with E-state index in [2.05, 4.69) is 86.8 Å². The van der Waals surface area contributed by atoms with Crippen LogP contribution in [0.25, 0.3) is 11.0 Å². The molecular formula is C55H80N4O5. The highest BCUT2D eigenvalue weighted by atomic mass is 16.5. The molecule has 2 saturated heterocycles. The van der Waals surface area contributed by atoms with Crippen LogP contribution in [0.4, 0.5) is 0 Å². The van der Waals surface area contributed by atoms with E-state index in [1.807, 2.05) is 13.8 Å². The molecule has 0 radical (unpaired) electrons. The highest BCUT2D eigenvalue weighted by Crippen LogP contribution is 2.78. The van der Waals surface area contributed by atoms with Crippen molar-refractivity contribution in [1.29, 1.82) is 0 Å². The molecule has 9 heteroatoms. The molecule has 8 aliphatic rings. The highest BCUT2D eigenvalue weighted by Gasteiger charge is 2.73. The first-order chi connectivity index (χ1) is 30.3. The van der Waals surface area contributed by atoms with Crippen LogP contribution < -0.4 is 0 Å². The number of aromatic nitrogens is 2. The van der Waals surface area contributed by atoms with Gasteiger partial charge in [-0.25, -0.2) is 4.98 Å². The van der Waals surface area contributed by atoms with Crippen LogP contribution in [0.1, 0.15) is 164 Å². The Hall–Kier alpha value is -3.20. The molecule has 3 heterocycles. The van der Waals surface area contributed by atoms with E-state index in [0.29, 0.717) is 41.9 Å². The number of amides is 1. The van der Waals surface area contributed by atoms with E-state index in [4.69, 9.17) is 9.72 Å². The van der Waals surface area contributed by atoms with E-state index in [-0.39, 0.29) is 51.1 Å². The number of fused-ring (bicyclic) bond motifs is 8. The molecule has 6 saturated carbocycles. The molecule has 1 amide bonds. The molecule has 2 aliphatic heterocycles. The van der Waals surface area contributed by atoms with Gasteiger partial charge in [-0.1, -0.05) is 72.8 Å². The number of carboxylic acids is 1. The lowest BCUT2D eigenvalue weighted by Gasteiger charge is -2.73. The molecule has 8 fully saturated rings. The highest BCUT2D eigenvalue weighted by molar-refractivity contribution is 5.85. The van der Waals surface area contributed by atoms with Crippen molar-refractivity contribution in [2.75, 3.05) is 26.2 Å². The lowest BCUT2D eigenvalue weighted by atomic mass is 9.32. The first kappa shape index (κ1) is 44.6. The smallest absolute Gasteiger partial charge is 0.309 e. The molecule has 10 rings (SSSR count). The number of hydrogen-bond acceptors (Lipinski definition) is 6. The van der Waals surface area contributed by atoms with Gasteiger partial charge in [0.25, 0.3) is 0 Å². The summed E-state index contributed by atoms with van der Waals surface area (Å²) in [6.45, 7) is 28.5. The number of allylic oxidation sites excluding steroid dienone is 1. The van der Waals surface area contributed by atoms with Gasteiger partial charge < -0.3 is 24.2 Å². The number of ether oxygens (including phenoxy) is 1. The number of likely N-dealkylation sites (tertiary alicyclic amines) is 2. The molecule has 0 spiro atoms. The minimum atomic E-state index is -0.814. The Bertz CT molecular complexity index is 2200. The van der Waals surface area contributed by atoms with Gasteiger partial charge in [0.2, 0.25) is 5.91 Å². The van der Waals surface area contributed by atoms with E-state index in [9.17, 15) is 14.7 Å². The van der Waals surface area contributed by atoms with Crippen LogP contribution in [0.3, 0.4) is 0 Å². The van der Waals surface area contributed by atoms with Gasteiger partial charge in [0.15, 0.2) is 0 Å². The van der Waals surface area contributed by atoms with Crippen LogP contribution >= 0.6 is 0 Å². The van der Waals surface area contributed by atoms with Crippen molar-refractivity contribution >= 4 is 28.9 Å². The summed E-state index contributed by atoms with van der Waals surface area (Å²) in [5, 5.41) is 9.74. The van der Waals surface area contributed by atoms with Gasteiger partial charge >= 0.3 is 11.9 Å². The summed E-state index contributed by atoms with van der Waals surface area (Å²) in [4.78, 5) is 51.9. The molecule has 9 nitrogen and oxygen atoms in total. The maximum atomic E-state index is 15.9. The van der Waals surface area contributed by atoms with Crippen molar-refractivity contribution in [3.8, 4) is 0 Å². The van der Waals surface area contributed by atoms with Crippen molar-refractivity contribution in [2.45, 2.75) is 170 Å². The fourth-order valence-corrected chi connectivity index (χ4v) is 18.1. The Morgan fingerprint density at radius 1 is 0.781 bits per heavy atom. The molecule has 1 aromatic heterocycles. The average molecular weight is 877 g/mol. The molecule has 0 bridgehead atoms. The Balaban J connectivity index is 0.914. The normalized spacial score (nSPS) is 42.2. The summed E-state index contributed by atoms with van der Waals surface area (Å²) < 4.78 is 8.98. The zero-order chi connectivity index (χ0) is 45.4. The van der Waals surface area contributed by atoms with Crippen molar-refractivity contribution in [3.05, 3.63) is 42.2 Å². The Labute approximate surface area is 383 Å². The largest absolute Gasteiger partial charge is 0.481 e. The van der Waals surface area contributed by atoms with Crippen LogP contribution in [0, 0.1) is 73.9 Å². The predicted molar refractivity (Wildman–Crippen MR) is 251 cm³/mol. The van der Waals surface area contributed by atoms with Gasteiger partial charge in [-0.3, -0.25) is 14.4 Å². The number of carbonyl (C=O) groups excluding carboxylic acids is 2. The molecule has 1 N–H and O–H groups in total. The molecular weight excluding hydrogens is 797 g/mol. The monoisotopic (exact) mass is 877 g/mol. The van der Waals surface area contributed by atoms with Gasteiger partial charge in [0.05, 0.1) is 34.3 Å². The molecule has 0 unspecified atom stereocenters. The molecule has 6 aliphatic carbocycles. The molecule has 13 atom stereocenters. The Kier molecular flexibility index (Phi) is 10.8. The standard InChI is InChI=1S/C55H80N4O5/c1-34(2)35-20-25-55(49(63)59-30-14-17-41(59)46-56-39-15-10-11-16-40(39)58(46)32-31-57-28-12-13-29-57)27-26-53(8)36(45(35)55)18-19-43-52(7)23-22-44(51(5,6)42(52)21-24-54(43,53)9)64-48(62)38-33-37(47(60)61)50(38,3)4/h10-11,15-16,35-38,41-45H,1,12-14,17-33H2,2-9H3,(H,60,61)/t35-,36+,37-,38+,41-,42-,43+,44-,45+,52-,53+,54+,55-/m0/s1. The number of benzene rings is 1. The van der Waals surface area contributed by atoms with E-state index in [0.717, 1.165) is 95.2 Å². The number of carbonyl (C=O) groups is 3. The summed E-state index contributed by atoms with van der Waals surface area (Å²) in [6, 6.07) is 8.62. The second-order valence-electron chi connectivity index (χ2n) is 24.9. The van der Waals surface area contributed by atoms with Crippen molar-refractivity contribution in [1.82, 2.24) is 19.4 Å². The average Bonchev–Trinajstić information content (AvgIpc) is 4.07.